The molecule has 1 aliphatic carbocycles. The first-order chi connectivity index (χ1) is 12.7. The normalized spacial score (nSPS) is 16.3. The van der Waals surface area contributed by atoms with E-state index in [4.69, 9.17) is 0 Å². The maximum Gasteiger partial charge on any atom is 0.195 e. The van der Waals surface area contributed by atoms with Gasteiger partial charge in [0, 0.05) is 10.6 Å². The number of hydrogen-bond donors (Lipinski definition) is 0. The van der Waals surface area contributed by atoms with Gasteiger partial charge in [-0.05, 0) is 65.1 Å². The number of carbonyl (C=O) groups is 2. The highest BCUT2D eigenvalue weighted by atomic mass is 32.2. The average molecular weight is 398 g/mol. The number of thiophene rings is 2. The van der Waals surface area contributed by atoms with Crippen molar-refractivity contribution >= 4 is 46.2 Å². The van der Waals surface area contributed by atoms with Gasteiger partial charge in [-0.2, -0.15) is 0 Å². The predicted octanol–water partition coefficient (Wildman–Crippen LogP) is 5.49. The summed E-state index contributed by atoms with van der Waals surface area (Å²) in [5, 5.41) is 3.80. The molecule has 0 unspecified atom stereocenters. The molecule has 3 nitrogen and oxygen atoms in total. The minimum absolute atomic E-state index is 0.0141. The topological polar surface area (TPSA) is 37.4 Å². The van der Waals surface area contributed by atoms with Crippen LogP contribution in [-0.2, 0) is 0 Å². The smallest absolute Gasteiger partial charge is 0.195 e. The van der Waals surface area contributed by atoms with Crippen molar-refractivity contribution in [2.24, 2.45) is 0 Å². The van der Waals surface area contributed by atoms with Gasteiger partial charge in [-0.1, -0.05) is 24.3 Å². The van der Waals surface area contributed by atoms with Gasteiger partial charge >= 0.3 is 0 Å². The summed E-state index contributed by atoms with van der Waals surface area (Å²) in [6, 6.07) is 7.43. The zero-order valence-electron chi connectivity index (χ0n) is 13.8. The third-order valence-electron chi connectivity index (χ3n) is 3.99. The van der Waals surface area contributed by atoms with Gasteiger partial charge in [-0.15, -0.1) is 22.7 Å². The van der Waals surface area contributed by atoms with Crippen LogP contribution in [0.1, 0.15) is 25.8 Å². The van der Waals surface area contributed by atoms with Gasteiger partial charge in [0.15, 0.2) is 11.6 Å². The van der Waals surface area contributed by atoms with Crippen LogP contribution in [-0.4, -0.2) is 22.4 Å². The van der Waals surface area contributed by atoms with Gasteiger partial charge in [0.05, 0.1) is 16.3 Å². The van der Waals surface area contributed by atoms with E-state index in [0.29, 0.717) is 4.88 Å². The Morgan fingerprint density at radius 3 is 2.62 bits per heavy atom. The summed E-state index contributed by atoms with van der Waals surface area (Å²) < 4.78 is 1.97. The largest absolute Gasteiger partial charge is 0.304 e. The first kappa shape index (κ1) is 17.3. The number of hydrogen-bond acceptors (Lipinski definition) is 6. The van der Waals surface area contributed by atoms with Crippen LogP contribution in [0.5, 0.6) is 0 Å². The Hall–Kier alpha value is -2.15. The summed E-state index contributed by atoms with van der Waals surface area (Å²) in [5.41, 5.74) is 2.12. The standard InChI is InChI=1S/C20H15NO2S3/c22-16(19-6-2-10-24-19)9-8-15-12-14-4-1-5-18(14)26-21(15)13-17(23)20-7-3-11-25-20/h1-3,5-12H,4,13H2. The monoisotopic (exact) mass is 397 g/mol. The summed E-state index contributed by atoms with van der Waals surface area (Å²) in [5.74, 6) is 0.0715. The number of nitrogens with zero attached hydrogens (tertiary/aromatic N) is 1. The Balaban J connectivity index is 1.56. The van der Waals surface area contributed by atoms with E-state index in [1.807, 2.05) is 45.4 Å². The molecule has 0 saturated carbocycles. The van der Waals surface area contributed by atoms with Crippen LogP contribution in [0.15, 0.2) is 81.6 Å². The molecule has 0 saturated heterocycles. The summed E-state index contributed by atoms with van der Waals surface area (Å²) >= 11 is 4.45. The van der Waals surface area contributed by atoms with Crippen molar-refractivity contribution in [3.05, 3.63) is 91.3 Å². The second-order valence-electron chi connectivity index (χ2n) is 5.77. The van der Waals surface area contributed by atoms with Crippen LogP contribution in [0.2, 0.25) is 0 Å². The highest BCUT2D eigenvalue weighted by Gasteiger charge is 2.23. The van der Waals surface area contributed by atoms with Crippen molar-refractivity contribution < 1.29 is 9.59 Å². The Kier molecular flexibility index (Phi) is 5.06. The molecule has 26 heavy (non-hydrogen) atoms. The molecular formula is C20H15NO2S3. The first-order valence-corrected chi connectivity index (χ1v) is 10.6. The second kappa shape index (κ2) is 7.61. The van der Waals surface area contributed by atoms with Crippen LogP contribution >= 0.6 is 34.6 Å². The molecule has 130 valence electrons. The molecule has 0 fully saturated rings. The number of ketones is 2. The van der Waals surface area contributed by atoms with E-state index >= 15 is 0 Å². The second-order valence-corrected chi connectivity index (χ2v) is 8.73. The molecular weight excluding hydrogens is 382 g/mol. The third-order valence-corrected chi connectivity index (χ3v) is 6.95. The van der Waals surface area contributed by atoms with Gasteiger partial charge < -0.3 is 4.31 Å². The zero-order chi connectivity index (χ0) is 17.9. The lowest BCUT2D eigenvalue weighted by molar-refractivity contribution is 0.0981. The van der Waals surface area contributed by atoms with E-state index in [2.05, 4.69) is 18.2 Å². The summed E-state index contributed by atoms with van der Waals surface area (Å²) in [4.78, 5) is 27.5. The SMILES string of the molecule is O=C(C=CC1=CC2=C(C=CC2)SN1CC(=O)c1cccs1)c1cccs1. The molecule has 2 aliphatic rings. The van der Waals surface area contributed by atoms with Crippen LogP contribution < -0.4 is 0 Å². The van der Waals surface area contributed by atoms with E-state index in [1.165, 1.54) is 33.2 Å². The van der Waals surface area contributed by atoms with E-state index in [1.54, 1.807) is 18.0 Å². The van der Waals surface area contributed by atoms with Crippen molar-refractivity contribution in [3.63, 3.8) is 0 Å². The lowest BCUT2D eigenvalue weighted by Gasteiger charge is -2.27. The minimum atomic E-state index is -0.0141. The third kappa shape index (κ3) is 3.67. The summed E-state index contributed by atoms with van der Waals surface area (Å²) in [7, 11) is 0. The summed E-state index contributed by atoms with van der Waals surface area (Å²) in [6.07, 6.45) is 10.6. The minimum Gasteiger partial charge on any atom is -0.304 e. The lowest BCUT2D eigenvalue weighted by Crippen LogP contribution is -2.24. The van der Waals surface area contributed by atoms with E-state index < -0.39 is 0 Å². The maximum absolute atomic E-state index is 12.5. The Morgan fingerprint density at radius 2 is 1.88 bits per heavy atom. The Labute approximate surface area is 164 Å². The van der Waals surface area contributed by atoms with Crippen molar-refractivity contribution in [3.8, 4) is 0 Å². The van der Waals surface area contributed by atoms with Crippen molar-refractivity contribution in [1.29, 1.82) is 0 Å². The molecule has 0 spiro atoms. The van der Waals surface area contributed by atoms with Crippen molar-refractivity contribution in [1.82, 2.24) is 4.31 Å². The molecule has 0 N–H and O–H groups in total. The fourth-order valence-corrected chi connectivity index (χ4v) is 5.06. The highest BCUT2D eigenvalue weighted by Crippen LogP contribution is 2.39. The highest BCUT2D eigenvalue weighted by molar-refractivity contribution is 8.01. The zero-order valence-corrected chi connectivity index (χ0v) is 16.2. The van der Waals surface area contributed by atoms with Gasteiger partial charge in [0.2, 0.25) is 0 Å². The molecule has 6 heteroatoms. The number of allylic oxidation sites excluding steroid dienone is 6. The molecule has 0 amide bonds. The van der Waals surface area contributed by atoms with Crippen molar-refractivity contribution in [2.75, 3.05) is 6.54 Å². The molecule has 2 aromatic heterocycles. The van der Waals surface area contributed by atoms with Crippen LogP contribution in [0.25, 0.3) is 0 Å². The molecule has 0 aromatic carbocycles. The summed E-state index contributed by atoms with van der Waals surface area (Å²) in [6.45, 7) is 0.277. The molecule has 3 heterocycles. The molecule has 1 aliphatic heterocycles. The number of Topliss-reactive ketones (excluding diaryl/α,β-unsaturated/α-hetero) is 1. The van der Waals surface area contributed by atoms with Crippen LogP contribution in [0, 0.1) is 0 Å². The molecule has 0 bridgehead atoms. The number of rotatable bonds is 6. The van der Waals surface area contributed by atoms with Crippen LogP contribution in [0.4, 0.5) is 0 Å². The van der Waals surface area contributed by atoms with E-state index in [-0.39, 0.29) is 18.1 Å². The van der Waals surface area contributed by atoms with Crippen molar-refractivity contribution in [2.45, 2.75) is 6.42 Å². The Morgan fingerprint density at radius 1 is 1.12 bits per heavy atom. The Bertz CT molecular complexity index is 947. The quantitative estimate of drug-likeness (QED) is 0.367. The van der Waals surface area contributed by atoms with E-state index in [0.717, 1.165) is 17.0 Å². The average Bonchev–Trinajstić information content (AvgIpc) is 3.41. The molecule has 4 rings (SSSR count). The van der Waals surface area contributed by atoms with E-state index in [9.17, 15) is 9.59 Å². The van der Waals surface area contributed by atoms with Crippen LogP contribution in [0.3, 0.4) is 0 Å². The van der Waals surface area contributed by atoms with Gasteiger partial charge in [-0.25, -0.2) is 0 Å². The predicted molar refractivity (Wildman–Crippen MR) is 110 cm³/mol. The number of carbonyl (C=O) groups excluding carboxylic acids is 2. The fourth-order valence-electron chi connectivity index (χ4n) is 2.70. The molecule has 0 radical (unpaired) electrons. The van der Waals surface area contributed by atoms with Gasteiger partial charge in [-0.3, -0.25) is 9.59 Å². The molecule has 2 aromatic rings. The van der Waals surface area contributed by atoms with Gasteiger partial charge in [0.25, 0.3) is 0 Å². The first-order valence-electron chi connectivity index (χ1n) is 8.10. The molecule has 0 atom stereocenters. The van der Waals surface area contributed by atoms with Gasteiger partial charge in [0.1, 0.15) is 0 Å². The fraction of sp³-hybridized carbons (Fsp3) is 0.100. The lowest BCUT2D eigenvalue weighted by atomic mass is 10.1. The maximum atomic E-state index is 12.5.